The van der Waals surface area contributed by atoms with Crippen molar-refractivity contribution < 1.29 is 28.7 Å². The number of alkyl carbamates (subject to hydrolysis) is 2. The number of nitrogens with zero attached hydrogens (tertiary/aromatic N) is 4. The highest BCUT2D eigenvalue weighted by molar-refractivity contribution is 5.89. The Hall–Kier alpha value is -7.22. The SMILES string of the molecule is COC(=O)N[C@@H](C(=O)N1[C@H](C)[C@H](C)C[C@H]1c1ncc(-c2ccc3c(c2)Cc2cc(-c4cnc([C@@H]5C[C@@H](C)[C@@H](C)N5C(=O)[C@H](NC(=O)OC)c5ccccc5)[nH]4)ccc2-3)[nH]1)c1ccccc1. The minimum Gasteiger partial charge on any atom is -0.453 e. The molecule has 0 spiro atoms. The van der Waals surface area contributed by atoms with Gasteiger partial charge in [0.05, 0.1) is 50.1 Å². The lowest BCUT2D eigenvalue weighted by atomic mass is 10.0. The van der Waals surface area contributed by atoms with Crippen LogP contribution in [0.15, 0.2) is 109 Å². The molecule has 8 atom stereocenters. The number of benzene rings is 4. The van der Waals surface area contributed by atoms with Gasteiger partial charge in [0.25, 0.3) is 11.8 Å². The topological polar surface area (TPSA) is 175 Å². The molecule has 4 aromatic carbocycles. The van der Waals surface area contributed by atoms with Crippen LogP contribution in [0.3, 0.4) is 0 Å². The third-order valence-electron chi connectivity index (χ3n) is 13.9. The van der Waals surface area contributed by atoms with Gasteiger partial charge in [0.2, 0.25) is 0 Å². The Kier molecular flexibility index (Phi) is 11.8. The fourth-order valence-corrected chi connectivity index (χ4v) is 10.0. The molecule has 0 unspecified atom stereocenters. The number of aromatic nitrogens is 4. The number of carbonyl (C=O) groups is 4. The molecular formula is C51H54N8O6. The van der Waals surface area contributed by atoms with Gasteiger partial charge in [0.15, 0.2) is 0 Å². The van der Waals surface area contributed by atoms with Crippen molar-refractivity contribution in [1.82, 2.24) is 40.4 Å². The van der Waals surface area contributed by atoms with E-state index in [-0.39, 0.29) is 47.8 Å². The van der Waals surface area contributed by atoms with E-state index >= 15 is 0 Å². The predicted molar refractivity (Wildman–Crippen MR) is 245 cm³/mol. The van der Waals surface area contributed by atoms with Crippen molar-refractivity contribution in [2.24, 2.45) is 11.8 Å². The summed E-state index contributed by atoms with van der Waals surface area (Å²) < 4.78 is 9.80. The van der Waals surface area contributed by atoms with Crippen molar-refractivity contribution in [3.05, 3.63) is 143 Å². The average Bonchev–Trinajstić information content (AvgIpc) is 4.18. The molecule has 3 aliphatic rings. The monoisotopic (exact) mass is 874 g/mol. The molecule has 2 aliphatic heterocycles. The zero-order valence-electron chi connectivity index (χ0n) is 37.4. The second-order valence-corrected chi connectivity index (χ2v) is 17.7. The van der Waals surface area contributed by atoms with Gasteiger partial charge in [-0.25, -0.2) is 19.6 Å². The van der Waals surface area contributed by atoms with Crippen molar-refractivity contribution in [2.75, 3.05) is 14.2 Å². The Labute approximate surface area is 378 Å². The summed E-state index contributed by atoms with van der Waals surface area (Å²) in [5, 5.41) is 5.52. The Balaban J connectivity index is 0.927. The average molecular weight is 875 g/mol. The quantitative estimate of drug-likeness (QED) is 0.105. The molecule has 0 radical (unpaired) electrons. The second-order valence-electron chi connectivity index (χ2n) is 17.7. The number of hydrogen-bond donors (Lipinski definition) is 4. The Morgan fingerprint density at radius 2 is 1.00 bits per heavy atom. The summed E-state index contributed by atoms with van der Waals surface area (Å²) in [7, 11) is 2.58. The maximum atomic E-state index is 14.4. The number of likely N-dealkylation sites (tertiary alicyclic amines) is 2. The number of nitrogens with one attached hydrogen (secondary N) is 4. The number of H-pyrrole nitrogens is 2. The van der Waals surface area contributed by atoms with Crippen molar-refractivity contribution in [2.45, 2.75) is 83.2 Å². The van der Waals surface area contributed by atoms with E-state index in [0.717, 1.165) is 41.8 Å². The van der Waals surface area contributed by atoms with Gasteiger partial charge >= 0.3 is 12.2 Å². The van der Waals surface area contributed by atoms with Gasteiger partial charge in [-0.3, -0.25) is 9.59 Å². The first-order valence-corrected chi connectivity index (χ1v) is 22.2. The second kappa shape index (κ2) is 17.7. The van der Waals surface area contributed by atoms with Crippen LogP contribution in [-0.2, 0) is 25.5 Å². The number of ether oxygens (including phenoxy) is 2. The fraction of sp³-hybridized carbons (Fsp3) is 0.333. The summed E-state index contributed by atoms with van der Waals surface area (Å²) in [4.78, 5) is 74.1. The zero-order chi connectivity index (χ0) is 45.5. The van der Waals surface area contributed by atoms with Crippen LogP contribution >= 0.6 is 0 Å². The van der Waals surface area contributed by atoms with E-state index in [2.05, 4.69) is 70.8 Å². The number of fused-ring (bicyclic) bond motifs is 3. The van der Waals surface area contributed by atoms with Crippen LogP contribution in [0, 0.1) is 11.8 Å². The zero-order valence-corrected chi connectivity index (χ0v) is 37.4. The molecule has 14 heteroatoms. The highest BCUT2D eigenvalue weighted by Crippen LogP contribution is 2.44. The van der Waals surface area contributed by atoms with Crippen LogP contribution in [0.5, 0.6) is 0 Å². The van der Waals surface area contributed by atoms with Crippen LogP contribution in [-0.4, -0.2) is 80.0 Å². The van der Waals surface area contributed by atoms with E-state index in [1.807, 2.05) is 96.7 Å². The van der Waals surface area contributed by atoms with Crippen molar-refractivity contribution >= 4 is 24.0 Å². The summed E-state index contributed by atoms with van der Waals surface area (Å²) >= 11 is 0. The van der Waals surface area contributed by atoms with E-state index in [4.69, 9.17) is 19.4 Å². The molecular weight excluding hydrogens is 821 g/mol. The standard InChI is InChI=1S/C51H54N8O6/c1-28-21-42(58(30(28)3)48(60)44(56-50(62)64-5)32-13-9-7-10-14-32)46-52-26-40(54-46)34-17-19-38-36(23-34)25-37-24-35(18-20-39(37)38)41-27-53-47(55-41)43-22-29(2)31(4)59(43)49(61)45(57-51(63)65-6)33-15-11-8-12-16-33/h7-20,23-24,26-31,42-45H,21-22,25H2,1-6H3,(H,52,54)(H,53,55)(H,56,62)(H,57,63)/t28-,29-,30-,31-,42+,43+,44-,45-/m1/s1. The molecule has 6 aromatic rings. The molecule has 2 saturated heterocycles. The summed E-state index contributed by atoms with van der Waals surface area (Å²) in [6.07, 6.45) is 4.51. The minimum atomic E-state index is -0.917. The molecule has 0 bridgehead atoms. The highest BCUT2D eigenvalue weighted by Gasteiger charge is 2.46. The first-order chi connectivity index (χ1) is 31.4. The molecule has 14 nitrogen and oxygen atoms in total. The van der Waals surface area contributed by atoms with E-state index in [9.17, 15) is 19.2 Å². The number of rotatable bonds is 10. The Morgan fingerprint density at radius 1 is 0.600 bits per heavy atom. The van der Waals surface area contributed by atoms with Crippen LogP contribution in [0.2, 0.25) is 0 Å². The Morgan fingerprint density at radius 3 is 1.38 bits per heavy atom. The number of methoxy groups -OCH3 is 2. The lowest BCUT2D eigenvalue weighted by Crippen LogP contribution is -2.46. The maximum Gasteiger partial charge on any atom is 0.407 e. The summed E-state index contributed by atoms with van der Waals surface area (Å²) in [6.45, 7) is 8.37. The number of hydrogen-bond acceptors (Lipinski definition) is 8. The smallest absolute Gasteiger partial charge is 0.407 e. The van der Waals surface area contributed by atoms with Crippen LogP contribution < -0.4 is 10.6 Å². The molecule has 4 N–H and O–H groups in total. The van der Waals surface area contributed by atoms with E-state index < -0.39 is 24.3 Å². The van der Waals surface area contributed by atoms with Crippen LogP contribution in [0.4, 0.5) is 9.59 Å². The Bertz CT molecular complexity index is 2550. The molecule has 334 valence electrons. The first kappa shape index (κ1) is 43.1. The third kappa shape index (κ3) is 8.13. The predicted octanol–water partition coefficient (Wildman–Crippen LogP) is 8.83. The molecule has 1 aliphatic carbocycles. The van der Waals surface area contributed by atoms with Crippen molar-refractivity contribution in [3.8, 4) is 33.6 Å². The third-order valence-corrected chi connectivity index (χ3v) is 13.9. The van der Waals surface area contributed by atoms with Gasteiger partial charge < -0.3 is 39.9 Å². The molecule has 2 aromatic heterocycles. The molecule has 0 saturated carbocycles. The molecule has 2 fully saturated rings. The van der Waals surface area contributed by atoms with Gasteiger partial charge in [0.1, 0.15) is 23.7 Å². The lowest BCUT2D eigenvalue weighted by Gasteiger charge is -2.32. The summed E-state index contributed by atoms with van der Waals surface area (Å²) in [5.74, 6) is 1.36. The minimum absolute atomic E-state index is 0.0908. The lowest BCUT2D eigenvalue weighted by molar-refractivity contribution is -0.137. The van der Waals surface area contributed by atoms with E-state index in [0.29, 0.717) is 22.8 Å². The summed E-state index contributed by atoms with van der Waals surface area (Å²) in [5.41, 5.74) is 9.81. The fourth-order valence-electron chi connectivity index (χ4n) is 10.0. The molecule has 4 heterocycles. The van der Waals surface area contributed by atoms with Crippen LogP contribution in [0.1, 0.15) is 98.6 Å². The normalized spacial score (nSPS) is 21.9. The van der Waals surface area contributed by atoms with Crippen molar-refractivity contribution in [3.63, 3.8) is 0 Å². The summed E-state index contributed by atoms with van der Waals surface area (Å²) in [6, 6.07) is 28.8. The number of aromatic amines is 2. The molecule has 9 rings (SSSR count). The van der Waals surface area contributed by atoms with Crippen molar-refractivity contribution in [1.29, 1.82) is 0 Å². The molecule has 4 amide bonds. The van der Waals surface area contributed by atoms with E-state index in [1.165, 1.54) is 36.5 Å². The van der Waals surface area contributed by atoms with Gasteiger partial charge in [0, 0.05) is 12.1 Å². The van der Waals surface area contributed by atoms with Crippen LogP contribution in [0.25, 0.3) is 33.6 Å². The first-order valence-electron chi connectivity index (χ1n) is 22.2. The number of carbonyl (C=O) groups excluding carboxylic acids is 4. The van der Waals surface area contributed by atoms with Gasteiger partial charge in [-0.15, -0.1) is 0 Å². The van der Waals surface area contributed by atoms with Gasteiger partial charge in [-0.1, -0.05) is 98.8 Å². The largest absolute Gasteiger partial charge is 0.453 e. The van der Waals surface area contributed by atoms with Gasteiger partial charge in [-0.05, 0) is 102 Å². The van der Waals surface area contributed by atoms with E-state index in [1.54, 1.807) is 0 Å². The maximum absolute atomic E-state index is 14.4. The molecule has 65 heavy (non-hydrogen) atoms. The van der Waals surface area contributed by atoms with Gasteiger partial charge in [-0.2, -0.15) is 0 Å². The number of amides is 4. The highest BCUT2D eigenvalue weighted by atomic mass is 16.5. The number of imidazole rings is 2.